The van der Waals surface area contributed by atoms with Gasteiger partial charge < -0.3 is 9.73 Å². The van der Waals surface area contributed by atoms with Gasteiger partial charge in [0.15, 0.2) is 16.9 Å². The molecule has 0 aliphatic carbocycles. The minimum absolute atomic E-state index is 0.0737. The summed E-state index contributed by atoms with van der Waals surface area (Å²) in [6, 6.07) is 12.1. The number of aromatic nitrogens is 2. The highest BCUT2D eigenvalue weighted by Crippen LogP contribution is 2.32. The first-order valence-electron chi connectivity index (χ1n) is 10.6. The molecule has 0 bridgehead atoms. The number of halogens is 1. The normalized spacial score (nSPS) is 11.9. The molecule has 174 valence electrons. The fourth-order valence-corrected chi connectivity index (χ4v) is 3.96. The predicted octanol–water partition coefficient (Wildman–Crippen LogP) is 4.98. The molecule has 3 aromatic heterocycles. The van der Waals surface area contributed by atoms with Crippen LogP contribution in [0.25, 0.3) is 22.4 Å². The average molecular weight is 479 g/mol. The molecule has 1 amide bonds. The molecule has 0 aliphatic rings. The summed E-state index contributed by atoms with van der Waals surface area (Å²) >= 11 is 6.01. The lowest BCUT2D eigenvalue weighted by molar-refractivity contribution is 0.0533. The molecule has 2 N–H and O–H groups in total. The molecular formula is C25H23ClN4O4. The van der Waals surface area contributed by atoms with Crippen LogP contribution in [-0.4, -0.2) is 23.0 Å². The van der Waals surface area contributed by atoms with Crippen LogP contribution in [0.4, 0.5) is 5.69 Å². The number of amides is 1. The van der Waals surface area contributed by atoms with Crippen LogP contribution < -0.4 is 16.2 Å². The number of hydroxylamine groups is 1. The van der Waals surface area contributed by atoms with Crippen LogP contribution in [0.1, 0.15) is 40.1 Å². The number of hydrogen-bond acceptors (Lipinski definition) is 7. The van der Waals surface area contributed by atoms with Crippen LogP contribution in [-0.2, 0) is 4.84 Å². The number of fused-ring (bicyclic) bond motifs is 1. The van der Waals surface area contributed by atoms with Crippen molar-refractivity contribution in [2.45, 2.75) is 26.8 Å². The summed E-state index contributed by atoms with van der Waals surface area (Å²) in [5, 5.41) is 3.94. The standard InChI is InChI=1S/C25H23ClN4O4/c1-13-11-16(15(3)28-18-8-9-20(26)29-21(18)25(32)30-33-4)24-17(12-13)22(31)14(2)23(34-24)19-7-5-6-10-27-19/h5-12,15,28H,1-4H3,(H,30,32). The first kappa shape index (κ1) is 23.4. The quantitative estimate of drug-likeness (QED) is 0.297. The van der Waals surface area contributed by atoms with Crippen LogP contribution >= 0.6 is 11.6 Å². The Kier molecular flexibility index (Phi) is 6.63. The third-order valence-corrected chi connectivity index (χ3v) is 5.61. The molecule has 0 aliphatic heterocycles. The zero-order valence-electron chi connectivity index (χ0n) is 19.1. The molecule has 4 aromatic rings. The second kappa shape index (κ2) is 9.62. The molecule has 3 heterocycles. The van der Waals surface area contributed by atoms with Gasteiger partial charge in [0.1, 0.15) is 16.4 Å². The minimum atomic E-state index is -0.548. The molecule has 0 fully saturated rings. The van der Waals surface area contributed by atoms with Gasteiger partial charge in [0.25, 0.3) is 5.91 Å². The second-order valence-electron chi connectivity index (χ2n) is 7.86. The van der Waals surface area contributed by atoms with Crippen LogP contribution in [0.3, 0.4) is 0 Å². The van der Waals surface area contributed by atoms with Gasteiger partial charge in [0, 0.05) is 17.3 Å². The Balaban J connectivity index is 1.84. The Bertz CT molecular complexity index is 1440. The molecule has 1 aromatic carbocycles. The Labute approximate surface area is 200 Å². The molecular weight excluding hydrogens is 456 g/mol. The Morgan fingerprint density at radius 1 is 1.18 bits per heavy atom. The van der Waals surface area contributed by atoms with E-state index in [4.69, 9.17) is 20.9 Å². The van der Waals surface area contributed by atoms with Crippen molar-refractivity contribution < 1.29 is 14.0 Å². The summed E-state index contributed by atoms with van der Waals surface area (Å²) in [6.07, 6.45) is 1.65. The minimum Gasteiger partial charge on any atom is -0.454 e. The van der Waals surface area contributed by atoms with Gasteiger partial charge in [0.2, 0.25) is 0 Å². The number of benzene rings is 1. The zero-order valence-corrected chi connectivity index (χ0v) is 19.9. The van der Waals surface area contributed by atoms with Gasteiger partial charge in [-0.25, -0.2) is 10.5 Å². The maximum absolute atomic E-state index is 13.3. The van der Waals surface area contributed by atoms with Crippen molar-refractivity contribution in [2.24, 2.45) is 0 Å². The summed E-state index contributed by atoms with van der Waals surface area (Å²) in [5.74, 6) is -0.128. The number of carbonyl (C=O) groups excluding carboxylic acids is 1. The lowest BCUT2D eigenvalue weighted by atomic mass is 9.99. The number of nitrogens with one attached hydrogen (secondary N) is 2. The van der Waals surface area contributed by atoms with Crippen molar-refractivity contribution in [3.8, 4) is 11.5 Å². The third-order valence-electron chi connectivity index (χ3n) is 5.40. The Morgan fingerprint density at radius 3 is 2.68 bits per heavy atom. The summed E-state index contributed by atoms with van der Waals surface area (Å²) < 4.78 is 6.30. The fraction of sp³-hybridized carbons (Fsp3) is 0.200. The van der Waals surface area contributed by atoms with Crippen LogP contribution in [0, 0.1) is 13.8 Å². The average Bonchev–Trinajstić information content (AvgIpc) is 2.83. The molecule has 0 radical (unpaired) electrons. The molecule has 9 heteroatoms. The summed E-state index contributed by atoms with van der Waals surface area (Å²) in [4.78, 5) is 38.9. The van der Waals surface area contributed by atoms with E-state index in [1.165, 1.54) is 7.11 Å². The highest BCUT2D eigenvalue weighted by atomic mass is 35.5. The van der Waals surface area contributed by atoms with E-state index in [0.29, 0.717) is 33.7 Å². The number of rotatable bonds is 6. The molecule has 4 rings (SSSR count). The second-order valence-corrected chi connectivity index (χ2v) is 8.25. The first-order chi connectivity index (χ1) is 16.3. The Hall–Kier alpha value is -3.75. The van der Waals surface area contributed by atoms with Gasteiger partial charge in [-0.3, -0.25) is 19.4 Å². The van der Waals surface area contributed by atoms with E-state index in [1.807, 2.05) is 32.0 Å². The molecule has 34 heavy (non-hydrogen) atoms. The van der Waals surface area contributed by atoms with Gasteiger partial charge in [-0.15, -0.1) is 0 Å². The van der Waals surface area contributed by atoms with Gasteiger partial charge >= 0.3 is 0 Å². The number of hydrogen-bond donors (Lipinski definition) is 2. The van der Waals surface area contributed by atoms with Crippen molar-refractivity contribution >= 4 is 34.2 Å². The molecule has 1 unspecified atom stereocenters. The molecule has 0 saturated heterocycles. The maximum atomic E-state index is 13.3. The number of nitrogens with zero attached hydrogens (tertiary/aromatic N) is 2. The SMILES string of the molecule is CONC(=O)c1nc(Cl)ccc1NC(C)c1cc(C)cc2c(=O)c(C)c(-c3ccccn3)oc12. The lowest BCUT2D eigenvalue weighted by Crippen LogP contribution is -2.25. The Morgan fingerprint density at radius 2 is 1.97 bits per heavy atom. The smallest absolute Gasteiger partial charge is 0.295 e. The van der Waals surface area contributed by atoms with E-state index in [1.54, 1.807) is 37.4 Å². The molecule has 0 spiro atoms. The van der Waals surface area contributed by atoms with E-state index in [2.05, 4.69) is 20.8 Å². The van der Waals surface area contributed by atoms with Crippen LogP contribution in [0.2, 0.25) is 5.15 Å². The van der Waals surface area contributed by atoms with Gasteiger partial charge in [-0.05, 0) is 56.7 Å². The van der Waals surface area contributed by atoms with E-state index >= 15 is 0 Å². The number of carbonyl (C=O) groups is 1. The molecule has 1 atom stereocenters. The van der Waals surface area contributed by atoms with Gasteiger partial charge in [0.05, 0.1) is 24.2 Å². The monoisotopic (exact) mass is 478 g/mol. The van der Waals surface area contributed by atoms with Crippen molar-refractivity contribution in [1.82, 2.24) is 15.4 Å². The number of pyridine rings is 2. The number of aryl methyl sites for hydroxylation is 1. The van der Waals surface area contributed by atoms with Crippen LogP contribution in [0.15, 0.2) is 57.9 Å². The predicted molar refractivity (Wildman–Crippen MR) is 131 cm³/mol. The summed E-state index contributed by atoms with van der Waals surface area (Å²) in [5.41, 5.74) is 5.82. The van der Waals surface area contributed by atoms with E-state index in [-0.39, 0.29) is 22.3 Å². The van der Waals surface area contributed by atoms with Gasteiger partial charge in [-0.2, -0.15) is 0 Å². The highest BCUT2D eigenvalue weighted by Gasteiger charge is 2.21. The third kappa shape index (κ3) is 4.50. The van der Waals surface area contributed by atoms with Gasteiger partial charge in [-0.1, -0.05) is 23.7 Å². The lowest BCUT2D eigenvalue weighted by Gasteiger charge is -2.20. The fourth-order valence-electron chi connectivity index (χ4n) is 3.81. The zero-order chi connectivity index (χ0) is 24.4. The van der Waals surface area contributed by atoms with E-state index in [0.717, 1.165) is 11.1 Å². The van der Waals surface area contributed by atoms with Crippen molar-refractivity contribution in [3.63, 3.8) is 0 Å². The molecule has 0 saturated carbocycles. The maximum Gasteiger partial charge on any atom is 0.295 e. The first-order valence-corrected chi connectivity index (χ1v) is 10.9. The summed E-state index contributed by atoms with van der Waals surface area (Å²) in [6.45, 7) is 5.55. The van der Waals surface area contributed by atoms with Crippen molar-refractivity contribution in [2.75, 3.05) is 12.4 Å². The van der Waals surface area contributed by atoms with E-state index < -0.39 is 5.91 Å². The van der Waals surface area contributed by atoms with Crippen molar-refractivity contribution in [3.05, 3.63) is 86.4 Å². The highest BCUT2D eigenvalue weighted by molar-refractivity contribution is 6.29. The topological polar surface area (TPSA) is 106 Å². The van der Waals surface area contributed by atoms with Crippen molar-refractivity contribution in [1.29, 1.82) is 0 Å². The largest absolute Gasteiger partial charge is 0.454 e. The summed E-state index contributed by atoms with van der Waals surface area (Å²) in [7, 11) is 1.33. The number of anilines is 1. The van der Waals surface area contributed by atoms with E-state index in [9.17, 15) is 9.59 Å². The van der Waals surface area contributed by atoms with Crippen LogP contribution in [0.5, 0.6) is 0 Å². The molecule has 8 nitrogen and oxygen atoms in total.